The number of hydrogen-bond acceptors (Lipinski definition) is 3. The van der Waals surface area contributed by atoms with Crippen LogP contribution in [0.1, 0.15) is 31.6 Å². The lowest BCUT2D eigenvalue weighted by Gasteiger charge is -2.15. The fourth-order valence-corrected chi connectivity index (χ4v) is 2.63. The van der Waals surface area contributed by atoms with E-state index >= 15 is 0 Å². The molecule has 0 saturated carbocycles. The standard InChI is InChI=1S/C12H19ClN2OS.ClH/c1-4-14-8(2)7-15-12(16)9(3)10-5-6-11(13)17-10;/h5-6,8-9,14H,4,7H2,1-3H3,(H,15,16);1H/t8-,9?;/m1./s1. The zero-order chi connectivity index (χ0) is 12.8. The predicted molar refractivity (Wildman–Crippen MR) is 81.1 cm³/mol. The van der Waals surface area contributed by atoms with Crippen LogP contribution in [0.4, 0.5) is 0 Å². The van der Waals surface area contributed by atoms with Crippen LogP contribution < -0.4 is 10.6 Å². The third-order valence-corrected chi connectivity index (χ3v) is 3.96. The van der Waals surface area contributed by atoms with E-state index in [2.05, 4.69) is 24.5 Å². The number of amides is 1. The average molecular weight is 311 g/mol. The fourth-order valence-electron chi connectivity index (χ4n) is 1.52. The van der Waals surface area contributed by atoms with E-state index in [1.807, 2.05) is 19.1 Å². The third-order valence-electron chi connectivity index (χ3n) is 2.55. The van der Waals surface area contributed by atoms with Crippen molar-refractivity contribution in [3.63, 3.8) is 0 Å². The fraction of sp³-hybridized carbons (Fsp3) is 0.583. The molecule has 1 rings (SSSR count). The lowest BCUT2D eigenvalue weighted by atomic mass is 10.1. The zero-order valence-corrected chi connectivity index (χ0v) is 13.2. The Hall–Kier alpha value is -0.290. The Morgan fingerprint density at radius 1 is 1.44 bits per heavy atom. The van der Waals surface area contributed by atoms with Gasteiger partial charge in [0.1, 0.15) is 0 Å². The summed E-state index contributed by atoms with van der Waals surface area (Å²) in [5.41, 5.74) is 0. The molecule has 0 bridgehead atoms. The number of carbonyl (C=O) groups is 1. The van der Waals surface area contributed by atoms with Crippen LogP contribution in [0.3, 0.4) is 0 Å². The van der Waals surface area contributed by atoms with Crippen molar-refractivity contribution in [2.75, 3.05) is 13.1 Å². The van der Waals surface area contributed by atoms with Crippen molar-refractivity contribution in [3.05, 3.63) is 21.3 Å². The molecular formula is C12H20Cl2N2OS. The molecule has 1 aromatic heterocycles. The highest BCUT2D eigenvalue weighted by atomic mass is 35.5. The number of thiophene rings is 1. The van der Waals surface area contributed by atoms with Crippen molar-refractivity contribution >= 4 is 41.3 Å². The maximum atomic E-state index is 11.9. The predicted octanol–water partition coefficient (Wildman–Crippen LogP) is 3.04. The summed E-state index contributed by atoms with van der Waals surface area (Å²) in [5.74, 6) is -0.0883. The van der Waals surface area contributed by atoms with Gasteiger partial charge in [-0.25, -0.2) is 0 Å². The molecule has 1 aromatic rings. The molecule has 1 unspecified atom stereocenters. The molecule has 1 amide bonds. The van der Waals surface area contributed by atoms with Crippen molar-refractivity contribution in [2.24, 2.45) is 0 Å². The summed E-state index contributed by atoms with van der Waals surface area (Å²) >= 11 is 7.31. The van der Waals surface area contributed by atoms with Gasteiger partial charge in [-0.3, -0.25) is 4.79 Å². The van der Waals surface area contributed by atoms with Crippen LogP contribution in [-0.4, -0.2) is 25.0 Å². The molecule has 18 heavy (non-hydrogen) atoms. The lowest BCUT2D eigenvalue weighted by molar-refractivity contribution is -0.122. The van der Waals surface area contributed by atoms with Crippen molar-refractivity contribution < 1.29 is 4.79 Å². The Morgan fingerprint density at radius 3 is 2.61 bits per heavy atom. The van der Waals surface area contributed by atoms with Crippen LogP contribution in [0.15, 0.2) is 12.1 Å². The van der Waals surface area contributed by atoms with Crippen LogP contribution in [-0.2, 0) is 4.79 Å². The van der Waals surface area contributed by atoms with Crippen molar-refractivity contribution in [3.8, 4) is 0 Å². The quantitative estimate of drug-likeness (QED) is 0.848. The van der Waals surface area contributed by atoms with Gasteiger partial charge in [0.05, 0.1) is 10.3 Å². The molecule has 0 fully saturated rings. The maximum Gasteiger partial charge on any atom is 0.228 e. The molecule has 0 aliphatic carbocycles. The maximum absolute atomic E-state index is 11.9. The van der Waals surface area contributed by atoms with Crippen LogP contribution in [0.5, 0.6) is 0 Å². The minimum Gasteiger partial charge on any atom is -0.354 e. The Bertz CT molecular complexity index is 371. The molecule has 1 heterocycles. The molecule has 0 aromatic carbocycles. The van der Waals surface area contributed by atoms with Gasteiger partial charge in [-0.1, -0.05) is 18.5 Å². The minimum absolute atomic E-state index is 0. The van der Waals surface area contributed by atoms with Gasteiger partial charge in [-0.2, -0.15) is 0 Å². The highest BCUT2D eigenvalue weighted by molar-refractivity contribution is 7.16. The van der Waals surface area contributed by atoms with Gasteiger partial charge >= 0.3 is 0 Å². The molecule has 3 nitrogen and oxygen atoms in total. The second-order valence-corrected chi connectivity index (χ2v) is 5.81. The normalized spacial score (nSPS) is 13.6. The molecule has 0 aliphatic heterocycles. The van der Waals surface area contributed by atoms with Crippen LogP contribution in [0, 0.1) is 0 Å². The van der Waals surface area contributed by atoms with Gasteiger partial charge < -0.3 is 10.6 Å². The van der Waals surface area contributed by atoms with Gasteiger partial charge in [0.25, 0.3) is 0 Å². The van der Waals surface area contributed by atoms with E-state index < -0.39 is 0 Å². The van der Waals surface area contributed by atoms with Crippen LogP contribution >= 0.6 is 35.3 Å². The molecular weight excluding hydrogens is 291 g/mol. The highest BCUT2D eigenvalue weighted by Gasteiger charge is 2.17. The smallest absolute Gasteiger partial charge is 0.228 e. The molecule has 0 saturated heterocycles. The Balaban J connectivity index is 0.00000289. The van der Waals surface area contributed by atoms with E-state index in [4.69, 9.17) is 11.6 Å². The number of nitrogens with one attached hydrogen (secondary N) is 2. The topological polar surface area (TPSA) is 41.1 Å². The number of likely N-dealkylation sites (N-methyl/N-ethyl adjacent to an activating group) is 1. The number of hydrogen-bond donors (Lipinski definition) is 2. The summed E-state index contributed by atoms with van der Waals surface area (Å²) in [4.78, 5) is 12.9. The zero-order valence-electron chi connectivity index (χ0n) is 10.8. The first-order valence-corrected chi connectivity index (χ1v) is 7.00. The van der Waals surface area contributed by atoms with E-state index in [1.54, 1.807) is 0 Å². The number of rotatable bonds is 6. The summed E-state index contributed by atoms with van der Waals surface area (Å²) < 4.78 is 0.723. The largest absolute Gasteiger partial charge is 0.354 e. The third kappa shape index (κ3) is 5.57. The Morgan fingerprint density at radius 2 is 2.11 bits per heavy atom. The average Bonchev–Trinajstić information content (AvgIpc) is 2.72. The summed E-state index contributed by atoms with van der Waals surface area (Å²) in [6, 6.07) is 4.03. The minimum atomic E-state index is -0.138. The molecule has 104 valence electrons. The van der Waals surface area contributed by atoms with E-state index in [0.29, 0.717) is 12.6 Å². The van der Waals surface area contributed by atoms with Gasteiger partial charge in [-0.05, 0) is 32.5 Å². The summed E-state index contributed by atoms with van der Waals surface area (Å²) in [6.45, 7) is 7.56. The van der Waals surface area contributed by atoms with Crippen LogP contribution in [0.2, 0.25) is 4.34 Å². The second-order valence-electron chi connectivity index (χ2n) is 4.07. The Kier molecular flexibility index (Phi) is 8.61. The van der Waals surface area contributed by atoms with Crippen molar-refractivity contribution in [2.45, 2.75) is 32.7 Å². The first-order valence-electron chi connectivity index (χ1n) is 5.81. The van der Waals surface area contributed by atoms with Gasteiger partial charge in [0.15, 0.2) is 0 Å². The number of halogens is 2. The van der Waals surface area contributed by atoms with E-state index in [9.17, 15) is 4.79 Å². The summed E-state index contributed by atoms with van der Waals surface area (Å²) in [6.07, 6.45) is 0. The van der Waals surface area contributed by atoms with Crippen molar-refractivity contribution in [1.29, 1.82) is 0 Å². The first-order chi connectivity index (χ1) is 8.04. The van der Waals surface area contributed by atoms with Gasteiger partial charge in [0, 0.05) is 17.5 Å². The van der Waals surface area contributed by atoms with Crippen molar-refractivity contribution in [1.82, 2.24) is 10.6 Å². The first kappa shape index (κ1) is 17.7. The molecule has 0 radical (unpaired) electrons. The Labute approximate surface area is 124 Å². The monoisotopic (exact) mass is 310 g/mol. The van der Waals surface area contributed by atoms with Crippen LogP contribution in [0.25, 0.3) is 0 Å². The van der Waals surface area contributed by atoms with E-state index in [1.165, 1.54) is 11.3 Å². The highest BCUT2D eigenvalue weighted by Crippen LogP contribution is 2.27. The molecule has 0 spiro atoms. The SMILES string of the molecule is CCN[C@H](C)CNC(=O)C(C)c1ccc(Cl)s1.Cl. The summed E-state index contributed by atoms with van der Waals surface area (Å²) in [5, 5.41) is 6.19. The molecule has 2 atom stereocenters. The van der Waals surface area contributed by atoms with Gasteiger partial charge in [0.2, 0.25) is 5.91 Å². The summed E-state index contributed by atoms with van der Waals surface area (Å²) in [7, 11) is 0. The van der Waals surface area contributed by atoms with E-state index in [0.717, 1.165) is 15.8 Å². The molecule has 2 N–H and O–H groups in total. The van der Waals surface area contributed by atoms with E-state index in [-0.39, 0.29) is 24.2 Å². The molecule has 0 aliphatic rings. The molecule has 6 heteroatoms. The lowest BCUT2D eigenvalue weighted by Crippen LogP contribution is -2.40. The second kappa shape index (κ2) is 8.75. The number of carbonyl (C=O) groups excluding carboxylic acids is 1. The van der Waals surface area contributed by atoms with Gasteiger partial charge in [-0.15, -0.1) is 23.7 Å².